The molecule has 1 aliphatic carbocycles. The number of amides is 1. The predicted octanol–water partition coefficient (Wildman–Crippen LogP) is 2.67. The van der Waals surface area contributed by atoms with E-state index in [0.29, 0.717) is 38.4 Å². The number of hydrogen-bond donors (Lipinski definition) is 2. The van der Waals surface area contributed by atoms with E-state index in [1.54, 1.807) is 0 Å². The molecule has 2 N–H and O–H groups in total. The molecule has 0 saturated heterocycles. The number of carboxylic acids is 1. The molecule has 1 unspecified atom stereocenters. The minimum atomic E-state index is -0.817. The van der Waals surface area contributed by atoms with Crippen molar-refractivity contribution < 1.29 is 24.2 Å². The van der Waals surface area contributed by atoms with Crippen molar-refractivity contribution >= 4 is 11.9 Å². The molecule has 2 aliphatic rings. The molecule has 1 aromatic rings. The highest BCUT2D eigenvalue weighted by Crippen LogP contribution is 2.43. The van der Waals surface area contributed by atoms with Crippen molar-refractivity contribution in [3.05, 3.63) is 23.8 Å². The van der Waals surface area contributed by atoms with Gasteiger partial charge in [-0.1, -0.05) is 6.07 Å². The molecule has 0 radical (unpaired) electrons. The normalized spacial score (nSPS) is 17.2. The van der Waals surface area contributed by atoms with Crippen LogP contribution in [0.15, 0.2) is 18.2 Å². The smallest absolute Gasteiger partial charge is 0.303 e. The van der Waals surface area contributed by atoms with Crippen molar-refractivity contribution in [2.24, 2.45) is 5.92 Å². The molecule has 0 aromatic heterocycles. The van der Waals surface area contributed by atoms with Crippen LogP contribution in [0.25, 0.3) is 0 Å². The summed E-state index contributed by atoms with van der Waals surface area (Å²) < 4.78 is 11.2. The minimum Gasteiger partial charge on any atom is -0.486 e. The van der Waals surface area contributed by atoms with E-state index in [1.807, 2.05) is 18.2 Å². The van der Waals surface area contributed by atoms with Crippen molar-refractivity contribution in [1.29, 1.82) is 0 Å². The zero-order valence-corrected chi connectivity index (χ0v) is 13.6. The first-order valence-electron chi connectivity index (χ1n) is 8.54. The molecule has 1 aliphatic heterocycles. The average Bonchev–Trinajstić information content (AvgIpc) is 3.41. The number of carbonyl (C=O) groups excluding carboxylic acids is 1. The Bertz CT molecular complexity index is 611. The number of nitrogens with one attached hydrogen (secondary N) is 1. The largest absolute Gasteiger partial charge is 0.486 e. The van der Waals surface area contributed by atoms with Gasteiger partial charge in [0.25, 0.3) is 0 Å². The van der Waals surface area contributed by atoms with Crippen molar-refractivity contribution in [2.45, 2.75) is 44.6 Å². The second kappa shape index (κ2) is 7.55. The van der Waals surface area contributed by atoms with Gasteiger partial charge in [-0.2, -0.15) is 0 Å². The fourth-order valence-corrected chi connectivity index (χ4v) is 2.96. The lowest BCUT2D eigenvalue weighted by molar-refractivity contribution is -0.137. The Morgan fingerprint density at radius 3 is 2.54 bits per heavy atom. The van der Waals surface area contributed by atoms with E-state index in [1.165, 1.54) is 0 Å². The quantitative estimate of drug-likeness (QED) is 0.715. The second-order valence-electron chi connectivity index (χ2n) is 6.39. The van der Waals surface area contributed by atoms with E-state index in [4.69, 9.17) is 14.6 Å². The first kappa shape index (κ1) is 16.6. The summed E-state index contributed by atoms with van der Waals surface area (Å²) in [6.07, 6.45) is 3.82. The van der Waals surface area contributed by atoms with Crippen molar-refractivity contribution in [2.75, 3.05) is 13.2 Å². The molecule has 3 rings (SSSR count). The number of carbonyl (C=O) groups is 2. The standard InChI is InChI=1S/C18H23NO5/c20-16(3-1-2-4-17(21)22)19-18(12-5-6-12)13-7-8-14-15(11-13)24-10-9-23-14/h7-8,11-12,18H,1-6,9-10H2,(H,19,20)(H,21,22). The first-order chi connectivity index (χ1) is 11.6. The van der Waals surface area contributed by atoms with Gasteiger partial charge >= 0.3 is 5.97 Å². The fourth-order valence-electron chi connectivity index (χ4n) is 2.96. The van der Waals surface area contributed by atoms with Gasteiger partial charge in [0.15, 0.2) is 11.5 Å². The molecule has 1 amide bonds. The van der Waals surface area contributed by atoms with Gasteiger partial charge < -0.3 is 19.9 Å². The van der Waals surface area contributed by atoms with Gasteiger partial charge in [0, 0.05) is 12.8 Å². The monoisotopic (exact) mass is 333 g/mol. The summed E-state index contributed by atoms with van der Waals surface area (Å²) in [5.74, 6) is 1.12. The maximum Gasteiger partial charge on any atom is 0.303 e. The first-order valence-corrected chi connectivity index (χ1v) is 8.54. The molecule has 1 heterocycles. The van der Waals surface area contributed by atoms with Crippen molar-refractivity contribution in [3.63, 3.8) is 0 Å². The van der Waals surface area contributed by atoms with E-state index < -0.39 is 5.97 Å². The Morgan fingerprint density at radius 1 is 1.12 bits per heavy atom. The van der Waals surface area contributed by atoms with Crippen LogP contribution in [0, 0.1) is 5.92 Å². The van der Waals surface area contributed by atoms with Crippen LogP contribution in [0.3, 0.4) is 0 Å². The number of carboxylic acid groups (broad SMARTS) is 1. The maximum atomic E-state index is 12.2. The number of benzene rings is 1. The van der Waals surface area contributed by atoms with Crippen LogP contribution in [-0.4, -0.2) is 30.2 Å². The van der Waals surface area contributed by atoms with Gasteiger partial charge in [-0.25, -0.2) is 0 Å². The third-order valence-electron chi connectivity index (χ3n) is 4.38. The highest BCUT2D eigenvalue weighted by atomic mass is 16.6. The molecule has 130 valence electrons. The van der Waals surface area contributed by atoms with Gasteiger partial charge in [0.1, 0.15) is 13.2 Å². The number of fused-ring (bicyclic) bond motifs is 1. The summed E-state index contributed by atoms with van der Waals surface area (Å²) in [7, 11) is 0. The molecule has 1 atom stereocenters. The predicted molar refractivity (Wildman–Crippen MR) is 87.1 cm³/mol. The van der Waals surface area contributed by atoms with E-state index >= 15 is 0 Å². The summed E-state index contributed by atoms with van der Waals surface area (Å²) in [5.41, 5.74) is 1.04. The number of aliphatic carboxylic acids is 1. The Morgan fingerprint density at radius 2 is 1.83 bits per heavy atom. The van der Waals surface area contributed by atoms with Crippen LogP contribution in [-0.2, 0) is 9.59 Å². The van der Waals surface area contributed by atoms with Gasteiger partial charge in [-0.3, -0.25) is 9.59 Å². The molecule has 24 heavy (non-hydrogen) atoms. The topological polar surface area (TPSA) is 84.9 Å². The lowest BCUT2D eigenvalue weighted by Crippen LogP contribution is -2.29. The molecule has 0 bridgehead atoms. The van der Waals surface area contributed by atoms with Gasteiger partial charge in [-0.15, -0.1) is 0 Å². The van der Waals surface area contributed by atoms with E-state index in [-0.39, 0.29) is 18.4 Å². The zero-order chi connectivity index (χ0) is 16.9. The van der Waals surface area contributed by atoms with Crippen molar-refractivity contribution in [3.8, 4) is 11.5 Å². The molecule has 0 spiro atoms. The Labute approximate surface area is 141 Å². The van der Waals surface area contributed by atoms with E-state index in [0.717, 1.165) is 29.9 Å². The Kier molecular flexibility index (Phi) is 5.23. The molecule has 1 saturated carbocycles. The molecular formula is C18H23NO5. The summed E-state index contributed by atoms with van der Waals surface area (Å²) in [4.78, 5) is 22.7. The number of unbranched alkanes of at least 4 members (excludes halogenated alkanes) is 1. The molecule has 1 fully saturated rings. The Balaban J connectivity index is 1.59. The van der Waals surface area contributed by atoms with Gasteiger partial charge in [-0.05, 0) is 49.3 Å². The third-order valence-corrected chi connectivity index (χ3v) is 4.38. The third kappa shape index (κ3) is 4.40. The van der Waals surface area contributed by atoms with Crippen LogP contribution < -0.4 is 14.8 Å². The molecule has 1 aromatic carbocycles. The number of hydrogen-bond acceptors (Lipinski definition) is 4. The maximum absolute atomic E-state index is 12.2. The van der Waals surface area contributed by atoms with Gasteiger partial charge in [0.05, 0.1) is 6.04 Å². The molecular weight excluding hydrogens is 310 g/mol. The Hall–Kier alpha value is -2.24. The summed E-state index contributed by atoms with van der Waals surface area (Å²) in [6, 6.07) is 5.84. The lowest BCUT2D eigenvalue weighted by Gasteiger charge is -2.23. The summed E-state index contributed by atoms with van der Waals surface area (Å²) >= 11 is 0. The average molecular weight is 333 g/mol. The zero-order valence-electron chi connectivity index (χ0n) is 13.6. The lowest BCUT2D eigenvalue weighted by atomic mass is 10.0. The fraction of sp³-hybridized carbons (Fsp3) is 0.556. The second-order valence-corrected chi connectivity index (χ2v) is 6.39. The van der Waals surface area contributed by atoms with Crippen LogP contribution in [0.1, 0.15) is 50.1 Å². The SMILES string of the molecule is O=C(O)CCCCC(=O)NC(c1ccc2c(c1)OCCO2)C1CC1. The van der Waals surface area contributed by atoms with E-state index in [2.05, 4.69) is 5.32 Å². The van der Waals surface area contributed by atoms with Crippen molar-refractivity contribution in [1.82, 2.24) is 5.32 Å². The number of rotatable bonds is 8. The highest BCUT2D eigenvalue weighted by Gasteiger charge is 2.34. The molecule has 6 nitrogen and oxygen atoms in total. The minimum absolute atomic E-state index is 0.00667. The van der Waals surface area contributed by atoms with E-state index in [9.17, 15) is 9.59 Å². The summed E-state index contributed by atoms with van der Waals surface area (Å²) in [6.45, 7) is 1.10. The van der Waals surface area contributed by atoms with Crippen LogP contribution in [0.5, 0.6) is 11.5 Å². The van der Waals surface area contributed by atoms with Crippen LogP contribution in [0.2, 0.25) is 0 Å². The number of ether oxygens (including phenoxy) is 2. The molecule has 6 heteroatoms. The summed E-state index contributed by atoms with van der Waals surface area (Å²) in [5, 5.41) is 11.7. The van der Waals surface area contributed by atoms with Crippen LogP contribution in [0.4, 0.5) is 0 Å². The van der Waals surface area contributed by atoms with Gasteiger partial charge in [0.2, 0.25) is 5.91 Å². The van der Waals surface area contributed by atoms with Crippen LogP contribution >= 0.6 is 0 Å². The highest BCUT2D eigenvalue weighted by molar-refractivity contribution is 5.76.